The monoisotopic (exact) mass is 499 g/mol. The number of furan rings is 1. The fraction of sp³-hybridized carbons (Fsp3) is 0.130. The molecule has 0 spiro atoms. The van der Waals surface area contributed by atoms with Gasteiger partial charge in [-0.15, -0.1) is 0 Å². The molecule has 4 rings (SSSR count). The summed E-state index contributed by atoms with van der Waals surface area (Å²) in [6.45, 7) is 2.69. The first-order chi connectivity index (χ1) is 15.0. The molecule has 0 aliphatic carbocycles. The molecule has 158 valence electrons. The molecule has 1 amide bonds. The second kappa shape index (κ2) is 9.41. The Balaban J connectivity index is 1.38. The normalized spacial score (nSPS) is 10.8. The van der Waals surface area contributed by atoms with Crippen molar-refractivity contribution in [2.24, 2.45) is 0 Å². The van der Waals surface area contributed by atoms with Crippen molar-refractivity contribution in [3.05, 3.63) is 99.0 Å². The minimum absolute atomic E-state index is 0.188. The standard InChI is InChI=1S/C23H19BrClN3O3/c1-15-11-22(27-28(15)13-16-5-4-6-17(25)12-16)26-23(29)21-10-9-18(31-21)14-30-20-8-3-2-7-19(20)24/h2-12H,13-14H2,1H3,(H,26,27,29). The number of halogens is 2. The zero-order valence-corrected chi connectivity index (χ0v) is 19.0. The van der Waals surface area contributed by atoms with Gasteiger partial charge in [-0.1, -0.05) is 35.9 Å². The zero-order chi connectivity index (χ0) is 21.8. The first-order valence-corrected chi connectivity index (χ1v) is 10.7. The van der Waals surface area contributed by atoms with E-state index in [9.17, 15) is 4.79 Å². The molecular formula is C23H19BrClN3O3. The zero-order valence-electron chi connectivity index (χ0n) is 16.6. The van der Waals surface area contributed by atoms with Crippen molar-refractivity contribution in [2.45, 2.75) is 20.1 Å². The lowest BCUT2D eigenvalue weighted by Crippen LogP contribution is -2.12. The van der Waals surface area contributed by atoms with Crippen molar-refractivity contribution in [3.8, 4) is 5.75 Å². The van der Waals surface area contributed by atoms with Crippen LogP contribution in [0.4, 0.5) is 5.82 Å². The number of aromatic nitrogens is 2. The second-order valence-corrected chi connectivity index (χ2v) is 8.19. The van der Waals surface area contributed by atoms with Crippen molar-refractivity contribution >= 4 is 39.3 Å². The van der Waals surface area contributed by atoms with E-state index in [0.29, 0.717) is 28.9 Å². The fourth-order valence-corrected chi connectivity index (χ4v) is 3.62. The first-order valence-electron chi connectivity index (χ1n) is 9.54. The number of carbonyl (C=O) groups is 1. The van der Waals surface area contributed by atoms with Gasteiger partial charge in [-0.3, -0.25) is 9.48 Å². The molecule has 0 bridgehead atoms. The van der Waals surface area contributed by atoms with Crippen LogP contribution in [-0.4, -0.2) is 15.7 Å². The molecule has 2 heterocycles. The topological polar surface area (TPSA) is 69.3 Å². The van der Waals surface area contributed by atoms with Crippen LogP contribution in [0.2, 0.25) is 5.02 Å². The van der Waals surface area contributed by atoms with Gasteiger partial charge in [-0.05, 0) is 64.8 Å². The van der Waals surface area contributed by atoms with Crippen molar-refractivity contribution in [1.82, 2.24) is 9.78 Å². The lowest BCUT2D eigenvalue weighted by molar-refractivity contribution is 0.0992. The van der Waals surface area contributed by atoms with Crippen molar-refractivity contribution in [2.75, 3.05) is 5.32 Å². The molecular weight excluding hydrogens is 482 g/mol. The summed E-state index contributed by atoms with van der Waals surface area (Å²) in [6.07, 6.45) is 0. The Labute approximate surface area is 192 Å². The average molecular weight is 501 g/mol. The van der Waals surface area contributed by atoms with Crippen LogP contribution >= 0.6 is 27.5 Å². The van der Waals surface area contributed by atoms with Crippen molar-refractivity contribution in [1.29, 1.82) is 0 Å². The summed E-state index contributed by atoms with van der Waals surface area (Å²) in [4.78, 5) is 12.6. The third kappa shape index (κ3) is 5.37. The molecule has 0 saturated carbocycles. The minimum atomic E-state index is -0.375. The fourth-order valence-electron chi connectivity index (χ4n) is 3.01. The Morgan fingerprint density at radius 1 is 1.16 bits per heavy atom. The van der Waals surface area contributed by atoms with Gasteiger partial charge in [0, 0.05) is 16.8 Å². The van der Waals surface area contributed by atoms with Gasteiger partial charge in [0.2, 0.25) is 0 Å². The maximum atomic E-state index is 12.6. The van der Waals surface area contributed by atoms with E-state index >= 15 is 0 Å². The number of nitrogens with zero attached hydrogens (tertiary/aromatic N) is 2. The van der Waals surface area contributed by atoms with E-state index in [1.807, 2.05) is 61.5 Å². The Kier molecular flexibility index (Phi) is 6.44. The molecule has 2 aromatic heterocycles. The summed E-state index contributed by atoms with van der Waals surface area (Å²) in [6, 6.07) is 20.3. The predicted molar refractivity (Wildman–Crippen MR) is 123 cm³/mol. The number of hydrogen-bond acceptors (Lipinski definition) is 4. The van der Waals surface area contributed by atoms with E-state index in [4.69, 9.17) is 20.8 Å². The van der Waals surface area contributed by atoms with Crippen LogP contribution in [0.5, 0.6) is 5.75 Å². The smallest absolute Gasteiger partial charge is 0.292 e. The summed E-state index contributed by atoms with van der Waals surface area (Å²) in [7, 11) is 0. The number of hydrogen-bond donors (Lipinski definition) is 1. The van der Waals surface area contributed by atoms with Crippen molar-refractivity contribution < 1.29 is 13.9 Å². The van der Waals surface area contributed by atoms with Gasteiger partial charge in [0.05, 0.1) is 11.0 Å². The van der Waals surface area contributed by atoms with E-state index in [1.165, 1.54) is 0 Å². The Hall–Kier alpha value is -3.03. The first kappa shape index (κ1) is 21.2. The molecule has 2 aromatic carbocycles. The van der Waals surface area contributed by atoms with Crippen LogP contribution in [0.25, 0.3) is 0 Å². The van der Waals surface area contributed by atoms with Crippen LogP contribution in [-0.2, 0) is 13.2 Å². The Bertz CT molecular complexity index is 1220. The van der Waals surface area contributed by atoms with Gasteiger partial charge in [0.25, 0.3) is 5.91 Å². The van der Waals surface area contributed by atoms with Gasteiger partial charge in [-0.25, -0.2) is 0 Å². The van der Waals surface area contributed by atoms with E-state index < -0.39 is 0 Å². The van der Waals surface area contributed by atoms with E-state index in [1.54, 1.807) is 16.8 Å². The molecule has 0 aliphatic heterocycles. The lowest BCUT2D eigenvalue weighted by Gasteiger charge is -2.06. The van der Waals surface area contributed by atoms with E-state index in [-0.39, 0.29) is 18.3 Å². The number of ether oxygens (including phenoxy) is 1. The van der Waals surface area contributed by atoms with E-state index in [0.717, 1.165) is 15.7 Å². The lowest BCUT2D eigenvalue weighted by atomic mass is 10.2. The van der Waals surface area contributed by atoms with Gasteiger partial charge in [0.15, 0.2) is 11.6 Å². The Morgan fingerprint density at radius 3 is 2.81 bits per heavy atom. The van der Waals surface area contributed by atoms with Crippen LogP contribution in [0.15, 0.2) is 75.6 Å². The third-order valence-electron chi connectivity index (χ3n) is 4.54. The molecule has 0 radical (unpaired) electrons. The van der Waals surface area contributed by atoms with Gasteiger partial charge in [0.1, 0.15) is 18.1 Å². The number of amides is 1. The van der Waals surface area contributed by atoms with Crippen LogP contribution in [0.3, 0.4) is 0 Å². The molecule has 6 nitrogen and oxygen atoms in total. The maximum Gasteiger partial charge on any atom is 0.292 e. The molecule has 1 N–H and O–H groups in total. The van der Waals surface area contributed by atoms with Crippen LogP contribution < -0.4 is 10.1 Å². The number of anilines is 1. The van der Waals surface area contributed by atoms with Crippen molar-refractivity contribution in [3.63, 3.8) is 0 Å². The highest BCUT2D eigenvalue weighted by atomic mass is 79.9. The van der Waals surface area contributed by atoms with Crippen LogP contribution in [0, 0.1) is 6.92 Å². The molecule has 31 heavy (non-hydrogen) atoms. The Morgan fingerprint density at radius 2 is 2.00 bits per heavy atom. The average Bonchev–Trinajstić information content (AvgIpc) is 3.34. The molecule has 0 unspecified atom stereocenters. The second-order valence-electron chi connectivity index (χ2n) is 6.90. The highest BCUT2D eigenvalue weighted by Gasteiger charge is 2.15. The summed E-state index contributed by atoms with van der Waals surface area (Å²) in [5, 5.41) is 7.91. The van der Waals surface area contributed by atoms with Crippen LogP contribution in [0.1, 0.15) is 27.6 Å². The number of rotatable bonds is 7. The highest BCUT2D eigenvalue weighted by molar-refractivity contribution is 9.10. The number of carbonyl (C=O) groups excluding carboxylic acids is 1. The number of benzene rings is 2. The van der Waals surface area contributed by atoms with E-state index in [2.05, 4.69) is 26.3 Å². The molecule has 0 aliphatic rings. The number of aryl methyl sites for hydroxylation is 1. The summed E-state index contributed by atoms with van der Waals surface area (Å²) >= 11 is 9.48. The summed E-state index contributed by atoms with van der Waals surface area (Å²) in [5.74, 6) is 1.51. The number of nitrogens with one attached hydrogen (secondary N) is 1. The third-order valence-corrected chi connectivity index (χ3v) is 5.43. The van der Waals surface area contributed by atoms with Gasteiger partial charge < -0.3 is 14.5 Å². The van der Waals surface area contributed by atoms with Gasteiger partial charge >= 0.3 is 0 Å². The highest BCUT2D eigenvalue weighted by Crippen LogP contribution is 2.25. The molecule has 0 fully saturated rings. The SMILES string of the molecule is Cc1cc(NC(=O)c2ccc(COc3ccccc3Br)o2)nn1Cc1cccc(Cl)c1. The molecule has 0 atom stereocenters. The maximum absolute atomic E-state index is 12.6. The quantitative estimate of drug-likeness (QED) is 0.334. The molecule has 8 heteroatoms. The molecule has 0 saturated heterocycles. The minimum Gasteiger partial charge on any atom is -0.484 e. The predicted octanol–water partition coefficient (Wildman–Crippen LogP) is 6.08. The molecule has 4 aromatic rings. The summed E-state index contributed by atoms with van der Waals surface area (Å²) < 4.78 is 14.0. The van der Waals surface area contributed by atoms with Gasteiger partial charge in [-0.2, -0.15) is 5.10 Å². The number of para-hydroxylation sites is 1. The largest absolute Gasteiger partial charge is 0.484 e. The summed E-state index contributed by atoms with van der Waals surface area (Å²) in [5.41, 5.74) is 1.94.